The Morgan fingerprint density at radius 1 is 1.33 bits per heavy atom. The van der Waals surface area contributed by atoms with Gasteiger partial charge in [0.05, 0.1) is 11.5 Å². The maximum absolute atomic E-state index is 11.7. The molecule has 0 saturated heterocycles. The van der Waals surface area contributed by atoms with Gasteiger partial charge in [-0.3, -0.25) is 24.6 Å². The zero-order valence-electron chi connectivity index (χ0n) is 11.6. The molecule has 0 aromatic heterocycles. The largest absolute Gasteiger partial charge is 0.481 e. The first kappa shape index (κ1) is 16.6. The van der Waals surface area contributed by atoms with Gasteiger partial charge in [-0.05, 0) is 32.1 Å². The average Bonchev–Trinajstić information content (AvgIpc) is 2.38. The number of hydrogen-bond donors (Lipinski definition) is 2. The van der Waals surface area contributed by atoms with Crippen LogP contribution in [0.25, 0.3) is 0 Å². The van der Waals surface area contributed by atoms with Crippen molar-refractivity contribution >= 4 is 23.3 Å². The Labute approximate surface area is 121 Å². The lowest BCUT2D eigenvalue weighted by Crippen LogP contribution is -2.31. The molecule has 1 amide bonds. The van der Waals surface area contributed by atoms with Crippen LogP contribution < -0.4 is 5.32 Å². The third kappa shape index (κ3) is 6.48. The first-order chi connectivity index (χ1) is 9.88. The molecule has 0 unspecified atom stereocenters. The molecule has 0 atom stereocenters. The molecule has 0 aliphatic rings. The van der Waals surface area contributed by atoms with Crippen LogP contribution in [0, 0.1) is 10.1 Å². The van der Waals surface area contributed by atoms with Crippen LogP contribution in [0.2, 0.25) is 0 Å². The molecule has 0 saturated carbocycles. The first-order valence-corrected chi connectivity index (χ1v) is 6.33. The molecule has 2 N–H and O–H groups in total. The van der Waals surface area contributed by atoms with E-state index in [1.807, 2.05) is 0 Å². The number of carboxylic acids is 1. The van der Waals surface area contributed by atoms with Crippen molar-refractivity contribution in [3.05, 3.63) is 34.4 Å². The fourth-order valence-corrected chi connectivity index (χ4v) is 1.69. The number of carboxylic acid groups (broad SMARTS) is 1. The molecule has 0 aliphatic heterocycles. The minimum absolute atomic E-state index is 0.0428. The van der Waals surface area contributed by atoms with Gasteiger partial charge in [0.15, 0.2) is 0 Å². The number of likely N-dealkylation sites (N-methyl/N-ethyl adjacent to an activating group) is 1. The van der Waals surface area contributed by atoms with Crippen molar-refractivity contribution in [3.63, 3.8) is 0 Å². The summed E-state index contributed by atoms with van der Waals surface area (Å²) in [6.07, 6.45) is 0.533. The number of non-ortho nitro benzene ring substituents is 1. The van der Waals surface area contributed by atoms with Gasteiger partial charge in [-0.2, -0.15) is 0 Å². The zero-order valence-corrected chi connectivity index (χ0v) is 11.6. The standard InChI is InChI=1S/C13H17N3O5/c1-15(8-2-3-13(18)19)9-12(17)14-10-4-6-11(7-5-10)16(20)21/h4-7H,2-3,8-9H2,1H3,(H,14,17)(H,18,19). The number of carbonyl (C=O) groups excluding carboxylic acids is 1. The SMILES string of the molecule is CN(CCCC(=O)O)CC(=O)Nc1ccc([N+](=O)[O-])cc1. The summed E-state index contributed by atoms with van der Waals surface area (Å²) in [4.78, 5) is 33.8. The highest BCUT2D eigenvalue weighted by atomic mass is 16.6. The summed E-state index contributed by atoms with van der Waals surface area (Å²) in [5.41, 5.74) is 0.434. The van der Waals surface area contributed by atoms with Crippen molar-refractivity contribution in [1.29, 1.82) is 0 Å². The monoisotopic (exact) mass is 295 g/mol. The predicted molar refractivity (Wildman–Crippen MR) is 76.1 cm³/mol. The summed E-state index contributed by atoms with van der Waals surface area (Å²) >= 11 is 0. The molecule has 0 bridgehead atoms. The van der Waals surface area contributed by atoms with E-state index < -0.39 is 10.9 Å². The second-order valence-corrected chi connectivity index (χ2v) is 4.59. The van der Waals surface area contributed by atoms with Crippen molar-refractivity contribution in [2.45, 2.75) is 12.8 Å². The normalized spacial score (nSPS) is 10.4. The second-order valence-electron chi connectivity index (χ2n) is 4.59. The third-order valence-electron chi connectivity index (χ3n) is 2.71. The molecular weight excluding hydrogens is 278 g/mol. The van der Waals surface area contributed by atoms with E-state index in [9.17, 15) is 19.7 Å². The number of benzene rings is 1. The lowest BCUT2D eigenvalue weighted by atomic mass is 10.2. The van der Waals surface area contributed by atoms with Crippen LogP contribution >= 0.6 is 0 Å². The Morgan fingerprint density at radius 3 is 2.48 bits per heavy atom. The number of anilines is 1. The van der Waals surface area contributed by atoms with E-state index in [1.54, 1.807) is 11.9 Å². The van der Waals surface area contributed by atoms with Crippen LogP contribution in [0.4, 0.5) is 11.4 Å². The molecule has 8 nitrogen and oxygen atoms in total. The highest BCUT2D eigenvalue weighted by molar-refractivity contribution is 5.92. The zero-order chi connectivity index (χ0) is 15.8. The summed E-state index contributed by atoms with van der Waals surface area (Å²) in [6, 6.07) is 5.54. The van der Waals surface area contributed by atoms with E-state index in [-0.39, 0.29) is 24.6 Å². The third-order valence-corrected chi connectivity index (χ3v) is 2.71. The van der Waals surface area contributed by atoms with Gasteiger partial charge >= 0.3 is 5.97 Å². The highest BCUT2D eigenvalue weighted by Crippen LogP contribution is 2.15. The second kappa shape index (κ2) is 7.95. The molecule has 0 heterocycles. The fourth-order valence-electron chi connectivity index (χ4n) is 1.69. The predicted octanol–water partition coefficient (Wildman–Crippen LogP) is 1.33. The van der Waals surface area contributed by atoms with Crippen LogP contribution in [0.15, 0.2) is 24.3 Å². The van der Waals surface area contributed by atoms with E-state index in [0.717, 1.165) is 0 Å². The van der Waals surface area contributed by atoms with Crippen LogP contribution in [0.3, 0.4) is 0 Å². The maximum atomic E-state index is 11.7. The van der Waals surface area contributed by atoms with Crippen LogP contribution in [-0.4, -0.2) is 46.9 Å². The van der Waals surface area contributed by atoms with Gasteiger partial charge < -0.3 is 10.4 Å². The molecule has 0 spiro atoms. The Bertz CT molecular complexity index is 515. The summed E-state index contributed by atoms with van der Waals surface area (Å²) < 4.78 is 0. The van der Waals surface area contributed by atoms with Crippen molar-refractivity contribution in [2.75, 3.05) is 25.5 Å². The molecular formula is C13H17N3O5. The number of aliphatic carboxylic acids is 1. The molecule has 0 fully saturated rings. The molecule has 0 radical (unpaired) electrons. The van der Waals surface area contributed by atoms with Crippen LogP contribution in [0.5, 0.6) is 0 Å². The van der Waals surface area contributed by atoms with Crippen molar-refractivity contribution in [3.8, 4) is 0 Å². The quantitative estimate of drug-likeness (QED) is 0.552. The minimum atomic E-state index is -0.862. The number of nitrogens with one attached hydrogen (secondary N) is 1. The number of carbonyl (C=O) groups is 2. The van der Waals surface area contributed by atoms with Gasteiger partial charge in [0.2, 0.25) is 5.91 Å². The highest BCUT2D eigenvalue weighted by Gasteiger charge is 2.09. The minimum Gasteiger partial charge on any atom is -0.481 e. The Kier molecular flexibility index (Phi) is 6.28. The van der Waals surface area contributed by atoms with Gasteiger partial charge in [0.25, 0.3) is 5.69 Å². The number of nitro groups is 1. The Balaban J connectivity index is 2.39. The van der Waals surface area contributed by atoms with E-state index in [1.165, 1.54) is 24.3 Å². The summed E-state index contributed by atoms with van der Waals surface area (Å²) in [5.74, 6) is -1.12. The van der Waals surface area contributed by atoms with Gasteiger partial charge in [-0.25, -0.2) is 0 Å². The van der Waals surface area contributed by atoms with Crippen molar-refractivity contribution < 1.29 is 19.6 Å². The van der Waals surface area contributed by atoms with Crippen LogP contribution in [0.1, 0.15) is 12.8 Å². The van der Waals surface area contributed by atoms with E-state index in [0.29, 0.717) is 18.7 Å². The number of amides is 1. The topological polar surface area (TPSA) is 113 Å². The first-order valence-electron chi connectivity index (χ1n) is 6.33. The molecule has 21 heavy (non-hydrogen) atoms. The molecule has 8 heteroatoms. The van der Waals surface area contributed by atoms with Crippen molar-refractivity contribution in [2.24, 2.45) is 0 Å². The lowest BCUT2D eigenvalue weighted by molar-refractivity contribution is -0.384. The number of hydrogen-bond acceptors (Lipinski definition) is 5. The molecule has 1 aromatic rings. The molecule has 1 aromatic carbocycles. The smallest absolute Gasteiger partial charge is 0.303 e. The average molecular weight is 295 g/mol. The molecule has 1 rings (SSSR count). The fraction of sp³-hybridized carbons (Fsp3) is 0.385. The van der Waals surface area contributed by atoms with Gasteiger partial charge in [-0.1, -0.05) is 0 Å². The number of nitrogens with zero attached hydrogens (tertiary/aromatic N) is 2. The lowest BCUT2D eigenvalue weighted by Gasteiger charge is -2.15. The van der Waals surface area contributed by atoms with Crippen molar-refractivity contribution in [1.82, 2.24) is 4.90 Å². The number of rotatable bonds is 8. The summed E-state index contributed by atoms with van der Waals surface area (Å²) in [6.45, 7) is 0.622. The van der Waals surface area contributed by atoms with E-state index in [2.05, 4.69) is 5.32 Å². The summed E-state index contributed by atoms with van der Waals surface area (Å²) in [5, 5.41) is 21.6. The number of nitro benzene ring substituents is 1. The van der Waals surface area contributed by atoms with E-state index in [4.69, 9.17) is 5.11 Å². The van der Waals surface area contributed by atoms with E-state index >= 15 is 0 Å². The van der Waals surface area contributed by atoms with Gasteiger partial charge in [0.1, 0.15) is 0 Å². The van der Waals surface area contributed by atoms with Crippen LogP contribution in [-0.2, 0) is 9.59 Å². The Hall–Kier alpha value is -2.48. The molecule has 114 valence electrons. The van der Waals surface area contributed by atoms with Gasteiger partial charge in [0, 0.05) is 24.2 Å². The maximum Gasteiger partial charge on any atom is 0.303 e. The molecule has 0 aliphatic carbocycles. The summed E-state index contributed by atoms with van der Waals surface area (Å²) in [7, 11) is 1.72. The Morgan fingerprint density at radius 2 is 1.95 bits per heavy atom. The van der Waals surface area contributed by atoms with Gasteiger partial charge in [-0.15, -0.1) is 0 Å².